The van der Waals surface area contributed by atoms with E-state index in [-0.39, 0.29) is 6.61 Å². The number of carboxylic acids is 1. The number of aliphatic hydroxyl groups excluding tert-OH is 1. The molecule has 0 amide bonds. The molecule has 1 aromatic rings. The Morgan fingerprint density at radius 1 is 1.25 bits per heavy atom. The van der Waals surface area contributed by atoms with Crippen molar-refractivity contribution in [2.24, 2.45) is 0 Å². The molecule has 0 heterocycles. The highest BCUT2D eigenvalue weighted by Crippen LogP contribution is 2.22. The van der Waals surface area contributed by atoms with Crippen LogP contribution >= 0.6 is 0 Å². The molecule has 4 heteroatoms. The van der Waals surface area contributed by atoms with Crippen molar-refractivity contribution in [3.05, 3.63) is 58.7 Å². The van der Waals surface area contributed by atoms with Crippen molar-refractivity contribution in [3.8, 4) is 5.75 Å². The van der Waals surface area contributed by atoms with Gasteiger partial charge in [-0.05, 0) is 68.0 Å². The van der Waals surface area contributed by atoms with Gasteiger partial charge in [0.25, 0.3) is 0 Å². The van der Waals surface area contributed by atoms with E-state index in [1.165, 1.54) is 5.57 Å². The minimum Gasteiger partial charge on any atom is -0.496 e. The van der Waals surface area contributed by atoms with Crippen LogP contribution in [-0.4, -0.2) is 29.9 Å². The number of hydrogen-bond donors (Lipinski definition) is 2. The summed E-state index contributed by atoms with van der Waals surface area (Å²) < 4.78 is 5.36. The van der Waals surface area contributed by atoms with E-state index in [1.54, 1.807) is 13.2 Å². The van der Waals surface area contributed by atoms with Gasteiger partial charge >= 0.3 is 5.97 Å². The first-order valence-corrected chi connectivity index (χ1v) is 7.96. The second-order valence-corrected chi connectivity index (χ2v) is 5.79. The van der Waals surface area contributed by atoms with Crippen molar-refractivity contribution >= 4 is 12.0 Å². The number of methoxy groups -OCH3 is 1. The van der Waals surface area contributed by atoms with Crippen molar-refractivity contribution in [3.63, 3.8) is 0 Å². The Hall–Kier alpha value is -2.33. The molecule has 130 valence electrons. The van der Waals surface area contributed by atoms with Gasteiger partial charge in [-0.15, -0.1) is 0 Å². The summed E-state index contributed by atoms with van der Waals surface area (Å²) in [6.45, 7) is 4.16. The molecule has 0 radical (unpaired) electrons. The lowest BCUT2D eigenvalue weighted by molar-refractivity contribution is -0.131. The Kier molecular flexibility index (Phi) is 8.58. The molecule has 0 fully saturated rings. The summed E-state index contributed by atoms with van der Waals surface area (Å²) in [6, 6.07) is 5.54. The third-order valence-electron chi connectivity index (χ3n) is 3.55. The van der Waals surface area contributed by atoms with E-state index in [9.17, 15) is 9.90 Å². The molecule has 2 N–H and O–H groups in total. The molecule has 0 aliphatic rings. The fourth-order valence-corrected chi connectivity index (χ4v) is 2.28. The number of aliphatic carboxylic acids is 1. The zero-order valence-corrected chi connectivity index (χ0v) is 14.6. The van der Waals surface area contributed by atoms with E-state index in [2.05, 4.69) is 19.9 Å². The van der Waals surface area contributed by atoms with Gasteiger partial charge in [0.1, 0.15) is 5.75 Å². The van der Waals surface area contributed by atoms with Crippen LogP contribution in [0.2, 0.25) is 0 Å². The summed E-state index contributed by atoms with van der Waals surface area (Å²) in [6.07, 6.45) is 9.19. The Bertz CT molecular complexity index is 635. The predicted octanol–water partition coefficient (Wildman–Crippen LogP) is 4.00. The fourth-order valence-electron chi connectivity index (χ4n) is 2.28. The Balaban J connectivity index is 2.89. The predicted molar refractivity (Wildman–Crippen MR) is 97.2 cm³/mol. The highest BCUT2D eigenvalue weighted by atomic mass is 16.5. The second kappa shape index (κ2) is 10.4. The third-order valence-corrected chi connectivity index (χ3v) is 3.55. The van der Waals surface area contributed by atoms with E-state index in [0.717, 1.165) is 41.4 Å². The van der Waals surface area contributed by atoms with Gasteiger partial charge in [0.05, 0.1) is 13.7 Å². The lowest BCUT2D eigenvalue weighted by Gasteiger charge is -2.09. The van der Waals surface area contributed by atoms with Gasteiger partial charge < -0.3 is 14.9 Å². The molecule has 24 heavy (non-hydrogen) atoms. The largest absolute Gasteiger partial charge is 0.496 e. The van der Waals surface area contributed by atoms with Crippen LogP contribution in [0, 0.1) is 0 Å². The fraction of sp³-hybridized carbons (Fsp3) is 0.350. The first kappa shape index (κ1) is 19.7. The lowest BCUT2D eigenvalue weighted by atomic mass is 10.0. The monoisotopic (exact) mass is 330 g/mol. The molecule has 1 rings (SSSR count). The standard InChI is InChI=1S/C20H26O4/c1-15(2)5-4-6-17(14-21)7-10-18-13-16(9-12-20(22)23)8-11-19(18)24-3/h5,7-9,11-13,21H,4,6,10,14H2,1-3H3,(H,22,23)/b12-9+,17-7-. The summed E-state index contributed by atoms with van der Waals surface area (Å²) in [5, 5.41) is 18.2. The topological polar surface area (TPSA) is 66.8 Å². The van der Waals surface area contributed by atoms with Gasteiger partial charge in [0, 0.05) is 6.08 Å². The van der Waals surface area contributed by atoms with Crippen LogP contribution < -0.4 is 4.74 Å². The molecule has 0 atom stereocenters. The third kappa shape index (κ3) is 7.29. The number of allylic oxidation sites excluding steroid dienone is 3. The van der Waals surface area contributed by atoms with Crippen LogP contribution in [0.4, 0.5) is 0 Å². The Morgan fingerprint density at radius 2 is 2.00 bits per heavy atom. The van der Waals surface area contributed by atoms with Gasteiger partial charge in [-0.3, -0.25) is 0 Å². The van der Waals surface area contributed by atoms with Crippen LogP contribution in [0.3, 0.4) is 0 Å². The van der Waals surface area contributed by atoms with Gasteiger partial charge in [0.15, 0.2) is 0 Å². The smallest absolute Gasteiger partial charge is 0.328 e. The summed E-state index contributed by atoms with van der Waals surface area (Å²) in [5.41, 5.74) is 4.02. The molecule has 0 saturated carbocycles. The Morgan fingerprint density at radius 3 is 2.58 bits per heavy atom. The molecule has 0 bridgehead atoms. The van der Waals surface area contributed by atoms with Crippen LogP contribution in [0.15, 0.2) is 47.6 Å². The second-order valence-electron chi connectivity index (χ2n) is 5.79. The van der Waals surface area contributed by atoms with E-state index < -0.39 is 5.97 Å². The van der Waals surface area contributed by atoms with Gasteiger partial charge in [0.2, 0.25) is 0 Å². The first-order chi connectivity index (χ1) is 11.5. The summed E-state index contributed by atoms with van der Waals surface area (Å²) in [7, 11) is 1.61. The van der Waals surface area contributed by atoms with Gasteiger partial charge in [-0.2, -0.15) is 0 Å². The molecule has 0 spiro atoms. The van der Waals surface area contributed by atoms with Crippen molar-refractivity contribution in [2.75, 3.05) is 13.7 Å². The molecule has 0 aromatic heterocycles. The number of aliphatic hydroxyl groups is 1. The minimum atomic E-state index is -0.978. The molecule has 4 nitrogen and oxygen atoms in total. The highest BCUT2D eigenvalue weighted by Gasteiger charge is 2.04. The number of ether oxygens (including phenoxy) is 1. The Labute approximate surface area is 143 Å². The molecular formula is C20H26O4. The maximum absolute atomic E-state index is 10.6. The van der Waals surface area contributed by atoms with Crippen LogP contribution in [0.1, 0.15) is 37.8 Å². The SMILES string of the molecule is COc1ccc(/C=C/C(=O)O)cc1C/C=C(\CO)CCC=C(C)C. The molecule has 1 aromatic carbocycles. The van der Waals surface area contributed by atoms with Gasteiger partial charge in [-0.1, -0.05) is 23.8 Å². The number of hydrogen-bond acceptors (Lipinski definition) is 3. The molecule has 0 aliphatic carbocycles. The number of carboxylic acid groups (broad SMARTS) is 1. The van der Waals surface area contributed by atoms with E-state index in [1.807, 2.05) is 24.3 Å². The van der Waals surface area contributed by atoms with Crippen LogP contribution in [0.5, 0.6) is 5.75 Å². The van der Waals surface area contributed by atoms with Crippen molar-refractivity contribution in [1.82, 2.24) is 0 Å². The summed E-state index contributed by atoms with van der Waals surface area (Å²) in [4.78, 5) is 10.6. The van der Waals surface area contributed by atoms with Crippen LogP contribution in [-0.2, 0) is 11.2 Å². The maximum atomic E-state index is 10.6. The average molecular weight is 330 g/mol. The van der Waals surface area contributed by atoms with Gasteiger partial charge in [-0.25, -0.2) is 4.79 Å². The summed E-state index contributed by atoms with van der Waals surface area (Å²) in [5.74, 6) is -0.227. The molecular weight excluding hydrogens is 304 g/mol. The lowest BCUT2D eigenvalue weighted by Crippen LogP contribution is -1.95. The molecule has 0 unspecified atom stereocenters. The molecule has 0 saturated heterocycles. The summed E-state index contributed by atoms with van der Waals surface area (Å²) >= 11 is 0. The quantitative estimate of drug-likeness (QED) is 0.530. The first-order valence-electron chi connectivity index (χ1n) is 7.96. The minimum absolute atomic E-state index is 0.0392. The maximum Gasteiger partial charge on any atom is 0.328 e. The van der Waals surface area contributed by atoms with E-state index >= 15 is 0 Å². The zero-order chi connectivity index (χ0) is 17.9. The van der Waals surface area contributed by atoms with E-state index in [4.69, 9.17) is 9.84 Å². The molecule has 0 aliphatic heterocycles. The average Bonchev–Trinajstić information content (AvgIpc) is 2.55. The number of benzene rings is 1. The normalized spacial score (nSPS) is 11.6. The number of carbonyl (C=O) groups is 1. The highest BCUT2D eigenvalue weighted by molar-refractivity contribution is 5.85. The van der Waals surface area contributed by atoms with Crippen molar-refractivity contribution in [1.29, 1.82) is 0 Å². The van der Waals surface area contributed by atoms with Crippen molar-refractivity contribution < 1.29 is 19.7 Å². The van der Waals surface area contributed by atoms with Crippen molar-refractivity contribution in [2.45, 2.75) is 33.1 Å². The number of rotatable bonds is 9. The van der Waals surface area contributed by atoms with Crippen LogP contribution in [0.25, 0.3) is 6.08 Å². The van der Waals surface area contributed by atoms with E-state index in [0.29, 0.717) is 6.42 Å². The zero-order valence-electron chi connectivity index (χ0n) is 14.6.